The van der Waals surface area contributed by atoms with Crippen LogP contribution in [-0.2, 0) is 4.74 Å². The van der Waals surface area contributed by atoms with Crippen LogP contribution in [0.25, 0.3) is 0 Å². The molecule has 1 rings (SSSR count). The molecule has 0 saturated carbocycles. The molecule has 0 amide bonds. The Morgan fingerprint density at radius 2 is 2.36 bits per heavy atom. The monoisotopic (exact) mass is 201 g/mol. The molecular formula is C11H23NO2. The maximum atomic E-state index is 9.37. The Hall–Kier alpha value is -0.120. The number of nitrogens with one attached hydrogen (secondary N) is 1. The molecule has 0 aromatic heterocycles. The quantitative estimate of drug-likeness (QED) is 0.704. The fourth-order valence-corrected chi connectivity index (χ4v) is 1.84. The van der Waals surface area contributed by atoms with Crippen molar-refractivity contribution in [2.75, 3.05) is 13.2 Å². The van der Waals surface area contributed by atoms with E-state index in [1.807, 2.05) is 6.92 Å². The fourth-order valence-electron chi connectivity index (χ4n) is 1.84. The van der Waals surface area contributed by atoms with Crippen LogP contribution in [0.5, 0.6) is 0 Å². The normalized spacial score (nSPS) is 30.2. The molecule has 3 unspecified atom stereocenters. The number of aliphatic hydroxyl groups excluding tert-OH is 1. The molecule has 1 aliphatic heterocycles. The summed E-state index contributed by atoms with van der Waals surface area (Å²) in [6, 6.07) is 0.586. The third-order valence-corrected chi connectivity index (χ3v) is 2.87. The van der Waals surface area contributed by atoms with E-state index in [1.54, 1.807) is 0 Å². The molecule has 1 heterocycles. The second kappa shape index (κ2) is 6.38. The van der Waals surface area contributed by atoms with Crippen molar-refractivity contribution in [3.63, 3.8) is 0 Å². The Morgan fingerprint density at radius 3 is 3.00 bits per heavy atom. The average molecular weight is 201 g/mol. The van der Waals surface area contributed by atoms with Crippen LogP contribution < -0.4 is 5.32 Å². The lowest BCUT2D eigenvalue weighted by Gasteiger charge is -2.28. The summed E-state index contributed by atoms with van der Waals surface area (Å²) in [6.07, 6.45) is 4.17. The van der Waals surface area contributed by atoms with Gasteiger partial charge in [0.25, 0.3) is 0 Å². The number of hydrogen-bond donors (Lipinski definition) is 2. The highest BCUT2D eigenvalue weighted by Gasteiger charge is 2.18. The number of hydrogen-bond acceptors (Lipinski definition) is 3. The molecule has 3 atom stereocenters. The van der Waals surface area contributed by atoms with Crippen molar-refractivity contribution in [1.82, 2.24) is 5.32 Å². The summed E-state index contributed by atoms with van der Waals surface area (Å²) in [5, 5.41) is 12.9. The van der Waals surface area contributed by atoms with E-state index in [4.69, 9.17) is 4.74 Å². The van der Waals surface area contributed by atoms with Crippen LogP contribution in [0.4, 0.5) is 0 Å². The van der Waals surface area contributed by atoms with Gasteiger partial charge in [-0.05, 0) is 39.2 Å². The summed E-state index contributed by atoms with van der Waals surface area (Å²) in [5.74, 6) is 0. The van der Waals surface area contributed by atoms with Gasteiger partial charge in [-0.25, -0.2) is 0 Å². The Balaban J connectivity index is 2.05. The first-order valence-corrected chi connectivity index (χ1v) is 5.75. The van der Waals surface area contributed by atoms with Gasteiger partial charge in [-0.15, -0.1) is 0 Å². The van der Waals surface area contributed by atoms with Gasteiger partial charge in [-0.1, -0.05) is 6.92 Å². The molecule has 3 nitrogen and oxygen atoms in total. The first kappa shape index (κ1) is 12.0. The third kappa shape index (κ3) is 4.40. The minimum Gasteiger partial charge on any atom is -0.393 e. The van der Waals surface area contributed by atoms with Gasteiger partial charge >= 0.3 is 0 Å². The minimum atomic E-state index is -0.139. The summed E-state index contributed by atoms with van der Waals surface area (Å²) in [4.78, 5) is 0. The Bertz CT molecular complexity index is 152. The lowest BCUT2D eigenvalue weighted by molar-refractivity contribution is 0.0128. The van der Waals surface area contributed by atoms with Crippen LogP contribution in [0.15, 0.2) is 0 Å². The Morgan fingerprint density at radius 1 is 1.57 bits per heavy atom. The standard InChI is InChI=1S/C11H23NO2/c1-3-11(13)4-6-12-10-5-7-14-9(2)8-10/h9-13H,3-8H2,1-2H3. The van der Waals surface area contributed by atoms with Crippen molar-refractivity contribution in [3.8, 4) is 0 Å². The summed E-state index contributed by atoms with van der Waals surface area (Å²) >= 11 is 0. The van der Waals surface area contributed by atoms with Crippen LogP contribution in [0.2, 0.25) is 0 Å². The zero-order valence-corrected chi connectivity index (χ0v) is 9.33. The second-order valence-corrected chi connectivity index (χ2v) is 4.21. The van der Waals surface area contributed by atoms with Crippen LogP contribution in [0, 0.1) is 0 Å². The van der Waals surface area contributed by atoms with Gasteiger partial charge < -0.3 is 15.2 Å². The SMILES string of the molecule is CCC(O)CCNC1CCOC(C)C1. The van der Waals surface area contributed by atoms with E-state index in [0.717, 1.165) is 38.8 Å². The van der Waals surface area contributed by atoms with Crippen molar-refractivity contribution < 1.29 is 9.84 Å². The van der Waals surface area contributed by atoms with Crippen LogP contribution in [0.1, 0.15) is 39.5 Å². The zero-order chi connectivity index (χ0) is 10.4. The predicted molar refractivity (Wildman–Crippen MR) is 57.4 cm³/mol. The summed E-state index contributed by atoms with van der Waals surface area (Å²) < 4.78 is 5.47. The summed E-state index contributed by atoms with van der Waals surface area (Å²) in [7, 11) is 0. The lowest BCUT2D eigenvalue weighted by atomic mass is 10.0. The van der Waals surface area contributed by atoms with Crippen molar-refractivity contribution in [2.24, 2.45) is 0 Å². The topological polar surface area (TPSA) is 41.5 Å². The van der Waals surface area contributed by atoms with Crippen LogP contribution >= 0.6 is 0 Å². The van der Waals surface area contributed by atoms with Gasteiger partial charge in [0, 0.05) is 12.6 Å². The second-order valence-electron chi connectivity index (χ2n) is 4.21. The van der Waals surface area contributed by atoms with E-state index in [9.17, 15) is 5.11 Å². The smallest absolute Gasteiger partial charge is 0.0561 e. The molecule has 3 heteroatoms. The van der Waals surface area contributed by atoms with E-state index >= 15 is 0 Å². The Kier molecular flexibility index (Phi) is 5.45. The van der Waals surface area contributed by atoms with Gasteiger partial charge in [-0.3, -0.25) is 0 Å². The predicted octanol–water partition coefficient (Wildman–Crippen LogP) is 1.30. The maximum Gasteiger partial charge on any atom is 0.0561 e. The van der Waals surface area contributed by atoms with Crippen molar-refractivity contribution in [3.05, 3.63) is 0 Å². The molecule has 1 aliphatic rings. The number of rotatable bonds is 5. The molecule has 1 fully saturated rings. The summed E-state index contributed by atoms with van der Waals surface area (Å²) in [5.41, 5.74) is 0. The molecule has 0 aliphatic carbocycles. The first-order chi connectivity index (χ1) is 6.72. The van der Waals surface area contributed by atoms with E-state index < -0.39 is 0 Å². The van der Waals surface area contributed by atoms with Crippen molar-refractivity contribution in [2.45, 2.75) is 57.8 Å². The Labute approximate surface area is 86.8 Å². The van der Waals surface area contributed by atoms with E-state index in [1.165, 1.54) is 0 Å². The molecule has 0 spiro atoms. The zero-order valence-electron chi connectivity index (χ0n) is 9.33. The van der Waals surface area contributed by atoms with Crippen molar-refractivity contribution >= 4 is 0 Å². The van der Waals surface area contributed by atoms with Crippen molar-refractivity contribution in [1.29, 1.82) is 0 Å². The highest BCUT2D eigenvalue weighted by atomic mass is 16.5. The first-order valence-electron chi connectivity index (χ1n) is 5.75. The molecular weight excluding hydrogens is 178 g/mol. The van der Waals surface area contributed by atoms with E-state index in [2.05, 4.69) is 12.2 Å². The molecule has 0 aromatic carbocycles. The lowest BCUT2D eigenvalue weighted by Crippen LogP contribution is -2.39. The van der Waals surface area contributed by atoms with Gasteiger partial charge in [0.15, 0.2) is 0 Å². The van der Waals surface area contributed by atoms with Gasteiger partial charge in [-0.2, -0.15) is 0 Å². The minimum absolute atomic E-state index is 0.139. The van der Waals surface area contributed by atoms with Gasteiger partial charge in [0.1, 0.15) is 0 Å². The fraction of sp³-hybridized carbons (Fsp3) is 1.00. The number of ether oxygens (including phenoxy) is 1. The van der Waals surface area contributed by atoms with Crippen LogP contribution in [0.3, 0.4) is 0 Å². The molecule has 1 saturated heterocycles. The third-order valence-electron chi connectivity index (χ3n) is 2.87. The van der Waals surface area contributed by atoms with E-state index in [-0.39, 0.29) is 6.10 Å². The molecule has 84 valence electrons. The molecule has 2 N–H and O–H groups in total. The largest absolute Gasteiger partial charge is 0.393 e. The molecule has 0 aromatic rings. The number of aliphatic hydroxyl groups is 1. The maximum absolute atomic E-state index is 9.37. The van der Waals surface area contributed by atoms with Gasteiger partial charge in [0.2, 0.25) is 0 Å². The van der Waals surface area contributed by atoms with E-state index in [0.29, 0.717) is 12.1 Å². The van der Waals surface area contributed by atoms with Gasteiger partial charge in [0.05, 0.1) is 12.2 Å². The molecule has 0 radical (unpaired) electrons. The highest BCUT2D eigenvalue weighted by Crippen LogP contribution is 2.13. The molecule has 14 heavy (non-hydrogen) atoms. The highest BCUT2D eigenvalue weighted by molar-refractivity contribution is 4.74. The van der Waals surface area contributed by atoms with Crippen LogP contribution in [-0.4, -0.2) is 36.5 Å². The average Bonchev–Trinajstić information content (AvgIpc) is 2.17. The molecule has 0 bridgehead atoms. The summed E-state index contributed by atoms with van der Waals surface area (Å²) in [6.45, 7) is 5.93.